The molecule has 3 saturated heterocycles. The Labute approximate surface area is 373 Å². The van der Waals surface area contributed by atoms with Gasteiger partial charge in [0.15, 0.2) is 18.4 Å². The van der Waals surface area contributed by atoms with E-state index in [1.54, 1.807) is 21.3 Å². The molecule has 4 fully saturated rings. The Balaban J connectivity index is 1.13. The zero-order valence-electron chi connectivity index (χ0n) is 38.7. The number of esters is 1. The van der Waals surface area contributed by atoms with Crippen LogP contribution in [-0.4, -0.2) is 135 Å². The van der Waals surface area contributed by atoms with Gasteiger partial charge in [-0.3, -0.25) is 9.59 Å². The Hall–Kier alpha value is -3.34. The van der Waals surface area contributed by atoms with E-state index >= 15 is 4.79 Å². The van der Waals surface area contributed by atoms with Crippen LogP contribution in [-0.2, 0) is 47.5 Å². The second kappa shape index (κ2) is 20.0. The maximum atomic E-state index is 15.1. The highest BCUT2D eigenvalue weighted by atomic mass is 16.7. The van der Waals surface area contributed by atoms with Gasteiger partial charge in [0.25, 0.3) is 0 Å². The molecule has 8 rings (SSSR count). The molecule has 63 heavy (non-hydrogen) atoms. The number of hydrogen-bond acceptors (Lipinski definition) is 13. The van der Waals surface area contributed by atoms with Crippen molar-refractivity contribution in [1.29, 1.82) is 0 Å². The minimum atomic E-state index is -0.687. The van der Waals surface area contributed by atoms with Gasteiger partial charge in [0.2, 0.25) is 0 Å². The predicted molar refractivity (Wildman–Crippen MR) is 235 cm³/mol. The average Bonchev–Trinajstić information content (AvgIpc) is 4.02. The molecule has 0 amide bonds. The number of hydrogen-bond donors (Lipinski definition) is 0. The van der Waals surface area contributed by atoms with E-state index in [1.807, 2.05) is 55.1 Å². The Morgan fingerprint density at radius 2 is 1.59 bits per heavy atom. The first-order valence-electron chi connectivity index (χ1n) is 23.4. The number of allylic oxidation sites excluding steroid dienone is 4. The highest BCUT2D eigenvalue weighted by molar-refractivity contribution is 5.99. The van der Waals surface area contributed by atoms with Gasteiger partial charge in [-0.15, -0.1) is 5.10 Å². The fourth-order valence-corrected chi connectivity index (χ4v) is 11.9. The summed E-state index contributed by atoms with van der Waals surface area (Å²) in [5.41, 5.74) is 3.43. The monoisotopic (exact) mass is 875 g/mol. The Morgan fingerprint density at radius 3 is 2.29 bits per heavy atom. The fourth-order valence-electron chi connectivity index (χ4n) is 11.9. The van der Waals surface area contributed by atoms with E-state index in [4.69, 9.17) is 43.1 Å². The molecule has 14 nitrogen and oxygen atoms in total. The van der Waals surface area contributed by atoms with E-state index in [1.165, 1.54) is 0 Å². The van der Waals surface area contributed by atoms with E-state index in [2.05, 4.69) is 50.1 Å². The van der Waals surface area contributed by atoms with Crippen LogP contribution in [0.15, 0.2) is 54.3 Å². The lowest BCUT2D eigenvalue weighted by Crippen LogP contribution is -2.59. The fraction of sp³-hybridized carbons (Fsp3) is 0.714. The van der Waals surface area contributed by atoms with E-state index in [9.17, 15) is 4.79 Å². The molecule has 0 bridgehead atoms. The zero-order valence-corrected chi connectivity index (χ0v) is 38.7. The lowest BCUT2D eigenvalue weighted by molar-refractivity contribution is -0.314. The number of fused-ring (bicyclic) bond motifs is 5. The zero-order chi connectivity index (χ0) is 44.5. The number of benzene rings is 1. The van der Waals surface area contributed by atoms with Gasteiger partial charge in [0, 0.05) is 56.4 Å². The summed E-state index contributed by atoms with van der Waals surface area (Å²) < 4.78 is 52.4. The molecule has 17 atom stereocenters. The third-order valence-corrected chi connectivity index (χ3v) is 15.2. The van der Waals surface area contributed by atoms with Gasteiger partial charge in [-0.05, 0) is 103 Å². The molecule has 3 aliphatic heterocycles. The van der Waals surface area contributed by atoms with E-state index in [0.29, 0.717) is 37.3 Å². The van der Waals surface area contributed by atoms with Crippen LogP contribution >= 0.6 is 0 Å². The molecular formula is C49H70N4O10. The van der Waals surface area contributed by atoms with Gasteiger partial charge in [0.1, 0.15) is 30.1 Å². The standard InChI is InChI=1S/C49H70N4O10/c1-10-31-17-14-18-42(63-44-20-19-40(52(5)6)28(3)59-44)27(2)45(55)38-23-34-33-21-32(62-49-48(58-9)47(57-8)46(56-7)29(4)60-49)22-37(33)41(24-35(34)36(38)25-43(54)61-31)53-26-39(50-51-53)30-15-12-11-13-16-30/h11-13,15-16,23-24,26-29,31-37,40,42,44,46-49H,10,14,17-22,25H2,1-9H3/t27-,28?,29?,31+,32+,33+,34+,35-,36+,37-,40+,42+,44+,46+,47?,48+,49+/m1/s1. The average molecular weight is 875 g/mol. The number of carbonyl (C=O) groups excluding carboxylic acids is 2. The first kappa shape index (κ1) is 46.2. The smallest absolute Gasteiger partial charge is 0.306 e. The van der Waals surface area contributed by atoms with Crippen LogP contribution in [0.4, 0.5) is 0 Å². The summed E-state index contributed by atoms with van der Waals surface area (Å²) in [4.78, 5) is 31.3. The van der Waals surface area contributed by atoms with E-state index < -0.39 is 30.7 Å². The van der Waals surface area contributed by atoms with Crippen molar-refractivity contribution in [2.24, 2.45) is 35.5 Å². The molecule has 3 aliphatic carbocycles. The third kappa shape index (κ3) is 9.52. The number of methoxy groups -OCH3 is 3. The predicted octanol–water partition coefficient (Wildman–Crippen LogP) is 6.73. The first-order valence-corrected chi connectivity index (χ1v) is 23.4. The Morgan fingerprint density at radius 1 is 0.825 bits per heavy atom. The summed E-state index contributed by atoms with van der Waals surface area (Å²) >= 11 is 0. The Kier molecular flexibility index (Phi) is 14.7. The summed E-state index contributed by atoms with van der Waals surface area (Å²) in [6, 6.07) is 10.3. The number of aromatic nitrogens is 3. The molecular weight excluding hydrogens is 805 g/mol. The van der Waals surface area contributed by atoms with Gasteiger partial charge in [0.05, 0.1) is 37.0 Å². The van der Waals surface area contributed by atoms with Crippen LogP contribution in [0.5, 0.6) is 0 Å². The number of carbonyl (C=O) groups is 2. The highest BCUT2D eigenvalue weighted by Gasteiger charge is 2.55. The van der Waals surface area contributed by atoms with Crippen LogP contribution in [0, 0.1) is 35.5 Å². The largest absolute Gasteiger partial charge is 0.462 e. The third-order valence-electron chi connectivity index (χ3n) is 15.2. The van der Waals surface area contributed by atoms with Crippen molar-refractivity contribution in [3.63, 3.8) is 0 Å². The number of cyclic esters (lactones) is 1. The lowest BCUT2D eigenvalue weighted by Gasteiger charge is -2.44. The molecule has 0 spiro atoms. The summed E-state index contributed by atoms with van der Waals surface area (Å²) in [6.07, 6.45) is 9.20. The SMILES string of the molecule is CC[C@H]1CCC[C@H](O[C@H]2CC[C@H](N(C)C)C(C)O2)[C@@H](C)C(=O)C2=C[C@@H]3[C@@H](C=C(n4cc(-c5ccccc5)nn4)[C@@H]4C[C@@H](O[C@@H]5OC(C)[C@H](OC)C(OC)[C@@H]5OC)C[C@@H]34)[C@@H]2CC(=O)O1. The van der Waals surface area contributed by atoms with Gasteiger partial charge in [-0.25, -0.2) is 4.68 Å². The van der Waals surface area contributed by atoms with Gasteiger partial charge < -0.3 is 42.8 Å². The number of Topliss-reactive ketones (excluding diaryl/α,β-unsaturated/α-hetero) is 1. The van der Waals surface area contributed by atoms with Crippen molar-refractivity contribution in [1.82, 2.24) is 19.9 Å². The van der Waals surface area contributed by atoms with Crippen LogP contribution in [0.3, 0.4) is 0 Å². The molecule has 1 aromatic heterocycles. The number of ether oxygens (including phenoxy) is 8. The van der Waals surface area contributed by atoms with E-state index in [0.717, 1.165) is 42.6 Å². The van der Waals surface area contributed by atoms with Crippen LogP contribution in [0.25, 0.3) is 17.0 Å². The van der Waals surface area contributed by atoms with Crippen LogP contribution in [0.1, 0.15) is 85.5 Å². The van der Waals surface area contributed by atoms with Crippen molar-refractivity contribution in [3.05, 3.63) is 54.3 Å². The molecule has 0 N–H and O–H groups in total. The van der Waals surface area contributed by atoms with Crippen molar-refractivity contribution in [2.45, 2.75) is 153 Å². The minimum absolute atomic E-state index is 0.00368. The summed E-state index contributed by atoms with van der Waals surface area (Å²) in [6.45, 7) is 8.14. The number of rotatable bonds is 11. The number of ketones is 1. The molecule has 1 saturated carbocycles. The first-order chi connectivity index (χ1) is 30.4. The quantitative estimate of drug-likeness (QED) is 0.221. The van der Waals surface area contributed by atoms with Gasteiger partial charge >= 0.3 is 5.97 Å². The normalized spacial score (nSPS) is 39.9. The van der Waals surface area contributed by atoms with Crippen molar-refractivity contribution < 1.29 is 47.5 Å². The molecule has 6 aliphatic rings. The van der Waals surface area contributed by atoms with Crippen LogP contribution < -0.4 is 0 Å². The second-order valence-corrected chi connectivity index (χ2v) is 19.1. The van der Waals surface area contributed by atoms with E-state index in [-0.39, 0.29) is 84.4 Å². The number of likely N-dealkylation sites (N-methyl/N-ethyl adjacent to an activating group) is 1. The molecule has 3 unspecified atom stereocenters. The maximum absolute atomic E-state index is 15.1. The summed E-state index contributed by atoms with van der Waals surface area (Å²) in [5.74, 6) is -1.15. The van der Waals surface area contributed by atoms with Crippen LogP contribution in [0.2, 0.25) is 0 Å². The van der Waals surface area contributed by atoms with Gasteiger partial charge in [-0.2, -0.15) is 0 Å². The topological polar surface area (TPSA) is 142 Å². The molecule has 0 radical (unpaired) electrons. The Bertz CT molecular complexity index is 1940. The summed E-state index contributed by atoms with van der Waals surface area (Å²) in [7, 11) is 9.13. The molecule has 14 heteroatoms. The number of nitrogens with zero attached hydrogens (tertiary/aromatic N) is 4. The van der Waals surface area contributed by atoms with Crippen molar-refractivity contribution in [2.75, 3.05) is 35.4 Å². The molecule has 346 valence electrons. The second-order valence-electron chi connectivity index (χ2n) is 19.1. The molecule has 4 heterocycles. The summed E-state index contributed by atoms with van der Waals surface area (Å²) in [5, 5.41) is 9.34. The minimum Gasteiger partial charge on any atom is -0.462 e. The lowest BCUT2D eigenvalue weighted by atomic mass is 9.69. The molecule has 2 aromatic rings. The maximum Gasteiger partial charge on any atom is 0.306 e. The van der Waals surface area contributed by atoms with Gasteiger partial charge in [-0.1, -0.05) is 61.5 Å². The highest BCUT2D eigenvalue weighted by Crippen LogP contribution is 2.57. The van der Waals surface area contributed by atoms with Crippen molar-refractivity contribution >= 4 is 17.4 Å². The molecule has 1 aromatic carbocycles. The van der Waals surface area contributed by atoms with Crippen molar-refractivity contribution in [3.8, 4) is 11.3 Å².